The van der Waals surface area contributed by atoms with E-state index in [9.17, 15) is 0 Å². The zero-order chi connectivity index (χ0) is 14.7. The smallest absolute Gasteiger partial charge is 0.175 e. The second-order valence-corrected chi connectivity index (χ2v) is 5.66. The molecule has 0 aliphatic carbocycles. The van der Waals surface area contributed by atoms with Gasteiger partial charge in [-0.15, -0.1) is 0 Å². The minimum atomic E-state index is 0.549. The molecule has 4 heteroatoms. The van der Waals surface area contributed by atoms with E-state index in [-0.39, 0.29) is 0 Å². The molecule has 0 aliphatic rings. The highest BCUT2D eigenvalue weighted by molar-refractivity contribution is 7.80. The number of nitrogens with one attached hydrogen (secondary N) is 2. The molecule has 0 saturated heterocycles. The van der Waals surface area contributed by atoms with Crippen molar-refractivity contribution in [2.45, 2.75) is 20.8 Å². The standard InChI is InChI=1S/C16H17ClN2S/c1-10-4-6-13(8-12(10)3)18-16(20)19-14-7-5-11(2)15(17)9-14/h4-9H,1-3H3,(H2,18,19,20). The van der Waals surface area contributed by atoms with Crippen molar-refractivity contribution in [1.82, 2.24) is 0 Å². The van der Waals surface area contributed by atoms with Crippen molar-refractivity contribution in [2.75, 3.05) is 10.6 Å². The maximum Gasteiger partial charge on any atom is 0.175 e. The number of rotatable bonds is 2. The monoisotopic (exact) mass is 304 g/mol. The topological polar surface area (TPSA) is 24.1 Å². The second kappa shape index (κ2) is 6.25. The van der Waals surface area contributed by atoms with Gasteiger partial charge < -0.3 is 10.6 Å². The summed E-state index contributed by atoms with van der Waals surface area (Å²) >= 11 is 11.4. The van der Waals surface area contributed by atoms with Gasteiger partial charge in [-0.25, -0.2) is 0 Å². The van der Waals surface area contributed by atoms with Gasteiger partial charge in [-0.2, -0.15) is 0 Å². The predicted octanol–water partition coefficient (Wildman–Crippen LogP) is 5.07. The average molecular weight is 305 g/mol. The van der Waals surface area contributed by atoms with Gasteiger partial charge in [0.25, 0.3) is 0 Å². The number of benzene rings is 2. The summed E-state index contributed by atoms with van der Waals surface area (Å²) in [5.41, 5.74) is 5.40. The second-order valence-electron chi connectivity index (χ2n) is 4.84. The molecule has 0 fully saturated rings. The van der Waals surface area contributed by atoms with Crippen LogP contribution in [0, 0.1) is 20.8 Å². The molecule has 0 amide bonds. The Morgan fingerprint density at radius 3 is 1.95 bits per heavy atom. The van der Waals surface area contributed by atoms with Crippen LogP contribution in [0.2, 0.25) is 5.02 Å². The lowest BCUT2D eigenvalue weighted by atomic mass is 10.1. The average Bonchev–Trinajstić information content (AvgIpc) is 2.38. The molecule has 0 atom stereocenters. The van der Waals surface area contributed by atoms with Crippen molar-refractivity contribution in [2.24, 2.45) is 0 Å². The highest BCUT2D eigenvalue weighted by Crippen LogP contribution is 2.20. The Morgan fingerprint density at radius 1 is 0.850 bits per heavy atom. The number of thiocarbonyl (C=S) groups is 1. The lowest BCUT2D eigenvalue weighted by molar-refractivity contribution is 1.34. The molecule has 0 spiro atoms. The fourth-order valence-corrected chi connectivity index (χ4v) is 2.20. The van der Waals surface area contributed by atoms with Crippen LogP contribution < -0.4 is 10.6 Å². The van der Waals surface area contributed by atoms with Crippen molar-refractivity contribution in [1.29, 1.82) is 0 Å². The zero-order valence-corrected chi connectivity index (χ0v) is 13.3. The van der Waals surface area contributed by atoms with Gasteiger partial charge in [0.2, 0.25) is 0 Å². The van der Waals surface area contributed by atoms with E-state index in [1.165, 1.54) is 11.1 Å². The quantitative estimate of drug-likeness (QED) is 0.757. The first-order valence-corrected chi connectivity index (χ1v) is 7.16. The van der Waals surface area contributed by atoms with E-state index in [1.807, 2.05) is 31.2 Å². The van der Waals surface area contributed by atoms with Crippen molar-refractivity contribution in [3.05, 3.63) is 58.1 Å². The highest BCUT2D eigenvalue weighted by atomic mass is 35.5. The van der Waals surface area contributed by atoms with Crippen molar-refractivity contribution < 1.29 is 0 Å². The molecule has 2 N–H and O–H groups in total. The number of aryl methyl sites for hydroxylation is 3. The van der Waals surface area contributed by atoms with Crippen LogP contribution in [0.25, 0.3) is 0 Å². The molecule has 2 aromatic rings. The first-order valence-electron chi connectivity index (χ1n) is 6.37. The number of anilines is 2. The van der Waals surface area contributed by atoms with Crippen molar-refractivity contribution >= 4 is 40.3 Å². The molecule has 0 bridgehead atoms. The van der Waals surface area contributed by atoms with E-state index in [2.05, 4.69) is 36.6 Å². The summed E-state index contributed by atoms with van der Waals surface area (Å²) in [6.07, 6.45) is 0. The minimum Gasteiger partial charge on any atom is -0.332 e. The summed E-state index contributed by atoms with van der Waals surface area (Å²) in [5.74, 6) is 0. The summed E-state index contributed by atoms with van der Waals surface area (Å²) in [7, 11) is 0. The Morgan fingerprint density at radius 2 is 1.40 bits per heavy atom. The van der Waals surface area contributed by atoms with Gasteiger partial charge in [0.15, 0.2) is 5.11 Å². The molecule has 0 radical (unpaired) electrons. The fraction of sp³-hybridized carbons (Fsp3) is 0.188. The van der Waals surface area contributed by atoms with Crippen LogP contribution in [0.5, 0.6) is 0 Å². The maximum absolute atomic E-state index is 6.09. The Labute approximate surface area is 130 Å². The summed E-state index contributed by atoms with van der Waals surface area (Å²) in [6, 6.07) is 11.9. The normalized spacial score (nSPS) is 10.2. The molecule has 2 nitrogen and oxygen atoms in total. The van der Waals surface area contributed by atoms with Crippen LogP contribution in [0.15, 0.2) is 36.4 Å². The number of hydrogen-bond acceptors (Lipinski definition) is 1. The van der Waals surface area contributed by atoms with Gasteiger partial charge >= 0.3 is 0 Å². The van der Waals surface area contributed by atoms with Gasteiger partial charge in [-0.1, -0.05) is 23.7 Å². The van der Waals surface area contributed by atoms with Crippen LogP contribution in [0.3, 0.4) is 0 Å². The van der Waals surface area contributed by atoms with E-state index in [0.29, 0.717) is 5.11 Å². The predicted molar refractivity (Wildman–Crippen MR) is 91.9 cm³/mol. The van der Waals surface area contributed by atoms with Crippen molar-refractivity contribution in [3.63, 3.8) is 0 Å². The largest absolute Gasteiger partial charge is 0.332 e. The highest BCUT2D eigenvalue weighted by Gasteiger charge is 2.02. The van der Waals surface area contributed by atoms with Gasteiger partial charge in [-0.05, 0) is 73.9 Å². The van der Waals surface area contributed by atoms with Crippen LogP contribution in [-0.2, 0) is 0 Å². The molecule has 2 rings (SSSR count). The summed E-state index contributed by atoms with van der Waals surface area (Å²) < 4.78 is 0. The molecular formula is C16H17ClN2S. The molecule has 104 valence electrons. The summed E-state index contributed by atoms with van der Waals surface area (Å²) in [5, 5.41) is 7.57. The molecule has 0 unspecified atom stereocenters. The minimum absolute atomic E-state index is 0.549. The van der Waals surface area contributed by atoms with Gasteiger partial charge in [0.1, 0.15) is 0 Å². The molecule has 0 aliphatic heterocycles. The van der Waals surface area contributed by atoms with E-state index in [0.717, 1.165) is 22.0 Å². The molecule has 0 heterocycles. The van der Waals surface area contributed by atoms with Crippen LogP contribution >= 0.6 is 23.8 Å². The Bertz CT molecular complexity index is 597. The summed E-state index contributed by atoms with van der Waals surface area (Å²) in [4.78, 5) is 0. The molecule has 0 aromatic heterocycles. The molecular weight excluding hydrogens is 288 g/mol. The fourth-order valence-electron chi connectivity index (χ4n) is 1.78. The SMILES string of the molecule is Cc1ccc(NC(=S)Nc2ccc(C)c(Cl)c2)cc1C. The third-order valence-electron chi connectivity index (χ3n) is 3.19. The Balaban J connectivity index is 2.04. The lowest BCUT2D eigenvalue weighted by Crippen LogP contribution is -2.19. The van der Waals surface area contributed by atoms with E-state index >= 15 is 0 Å². The van der Waals surface area contributed by atoms with Crippen LogP contribution in [0.4, 0.5) is 11.4 Å². The van der Waals surface area contributed by atoms with E-state index in [1.54, 1.807) is 0 Å². The van der Waals surface area contributed by atoms with Crippen LogP contribution in [0.1, 0.15) is 16.7 Å². The molecule has 2 aromatic carbocycles. The van der Waals surface area contributed by atoms with E-state index < -0.39 is 0 Å². The van der Waals surface area contributed by atoms with Crippen molar-refractivity contribution in [3.8, 4) is 0 Å². The van der Waals surface area contributed by atoms with Gasteiger partial charge in [0.05, 0.1) is 0 Å². The van der Waals surface area contributed by atoms with Gasteiger partial charge in [-0.3, -0.25) is 0 Å². The third-order valence-corrected chi connectivity index (χ3v) is 3.81. The molecule has 0 saturated carbocycles. The lowest BCUT2D eigenvalue weighted by Gasteiger charge is -2.12. The van der Waals surface area contributed by atoms with E-state index in [4.69, 9.17) is 23.8 Å². The third kappa shape index (κ3) is 3.71. The maximum atomic E-state index is 6.09. The Kier molecular flexibility index (Phi) is 4.63. The first kappa shape index (κ1) is 14.8. The number of halogens is 1. The zero-order valence-electron chi connectivity index (χ0n) is 11.8. The number of hydrogen-bond donors (Lipinski definition) is 2. The van der Waals surface area contributed by atoms with Crippen LogP contribution in [-0.4, -0.2) is 5.11 Å². The molecule has 20 heavy (non-hydrogen) atoms. The summed E-state index contributed by atoms with van der Waals surface area (Å²) in [6.45, 7) is 6.14. The Hall–Kier alpha value is -1.58. The van der Waals surface area contributed by atoms with Gasteiger partial charge in [0, 0.05) is 16.4 Å². The first-order chi connectivity index (χ1) is 9.45.